The molecule has 1 unspecified atom stereocenters. The molecule has 5 rings (SSSR count). The van der Waals surface area contributed by atoms with Crippen LogP contribution in [0, 0.1) is 0 Å². The Balaban J connectivity index is 1.32. The third kappa shape index (κ3) is 8.01. The summed E-state index contributed by atoms with van der Waals surface area (Å²) in [5.74, 6) is -0.263. The molecule has 5 aromatic rings. The predicted molar refractivity (Wildman–Crippen MR) is 161 cm³/mol. The van der Waals surface area contributed by atoms with Gasteiger partial charge in [-0.2, -0.15) is 4.68 Å². The number of hydrogen-bond donors (Lipinski definition) is 2. The molecule has 1 atom stereocenters. The fourth-order valence-corrected chi connectivity index (χ4v) is 4.55. The molecule has 12 nitrogen and oxygen atoms in total. The van der Waals surface area contributed by atoms with E-state index in [0.29, 0.717) is 46.2 Å². The lowest BCUT2D eigenvalue weighted by Crippen LogP contribution is -2.39. The molecule has 0 saturated carbocycles. The first-order valence-electron chi connectivity index (χ1n) is 13.5. The maximum Gasteiger partial charge on any atom is 0.412 e. The number of anilines is 1. The zero-order chi connectivity index (χ0) is 30.4. The summed E-state index contributed by atoms with van der Waals surface area (Å²) in [5, 5.41) is 26.4. The molecule has 0 saturated heterocycles. The number of hydrogen-bond acceptors (Lipinski definition) is 8. The van der Waals surface area contributed by atoms with Crippen LogP contribution in [0.4, 0.5) is 10.5 Å². The van der Waals surface area contributed by atoms with Crippen molar-refractivity contribution < 1.29 is 14.3 Å². The van der Waals surface area contributed by atoms with Gasteiger partial charge in [0.25, 0.3) is 5.91 Å². The number of amides is 2. The number of halogens is 1. The highest BCUT2D eigenvalue weighted by atomic mass is 35.5. The van der Waals surface area contributed by atoms with E-state index in [1.807, 2.05) is 30.3 Å². The standard InChI is InChI=1S/C30H30ClN9O3/c1-30(2,3)43-29(42)34-23-12-9-21(10-13-23)28(41)33-24(15-20-7-5-4-6-8-20)17-39-18-26(35-37-39)25-16-22(31)11-14-27(25)40-19-32-36-38-40/h4-14,16,18-19,24H,15,17H2,1-3H3,(H,33,41)(H,34,42). The number of rotatable bonds is 9. The molecule has 43 heavy (non-hydrogen) atoms. The van der Waals surface area contributed by atoms with E-state index in [1.165, 1.54) is 11.0 Å². The first-order chi connectivity index (χ1) is 20.6. The molecular formula is C30H30ClN9O3. The van der Waals surface area contributed by atoms with Crippen LogP contribution >= 0.6 is 11.6 Å². The normalized spacial score (nSPS) is 12.0. The Hall–Kier alpha value is -5.10. The van der Waals surface area contributed by atoms with E-state index in [-0.39, 0.29) is 11.9 Å². The minimum Gasteiger partial charge on any atom is -0.444 e. The van der Waals surface area contributed by atoms with Gasteiger partial charge in [0.05, 0.1) is 24.5 Å². The summed E-state index contributed by atoms with van der Waals surface area (Å²) in [6.45, 7) is 5.72. The van der Waals surface area contributed by atoms with Crippen molar-refractivity contribution in [2.75, 3.05) is 5.32 Å². The van der Waals surface area contributed by atoms with Gasteiger partial charge in [0.1, 0.15) is 17.6 Å². The summed E-state index contributed by atoms with van der Waals surface area (Å²) in [5.41, 5.74) is 3.37. The van der Waals surface area contributed by atoms with Gasteiger partial charge in [0.15, 0.2) is 0 Å². The molecule has 3 aromatic carbocycles. The molecule has 2 N–H and O–H groups in total. The van der Waals surface area contributed by atoms with Crippen LogP contribution in [0.5, 0.6) is 0 Å². The number of benzene rings is 3. The summed E-state index contributed by atoms with van der Waals surface area (Å²) in [6.07, 6.45) is 3.28. The predicted octanol–water partition coefficient (Wildman–Crippen LogP) is 4.96. The van der Waals surface area contributed by atoms with E-state index < -0.39 is 11.7 Å². The number of tetrazole rings is 1. The molecule has 0 aliphatic rings. The van der Waals surface area contributed by atoms with Gasteiger partial charge in [0.2, 0.25) is 0 Å². The number of ether oxygens (including phenoxy) is 1. The van der Waals surface area contributed by atoms with E-state index in [4.69, 9.17) is 16.3 Å². The Morgan fingerprint density at radius 1 is 1.00 bits per heavy atom. The van der Waals surface area contributed by atoms with Gasteiger partial charge in [-0.25, -0.2) is 9.48 Å². The van der Waals surface area contributed by atoms with Crippen LogP contribution in [-0.4, -0.2) is 58.8 Å². The van der Waals surface area contributed by atoms with Crippen LogP contribution in [0.2, 0.25) is 5.02 Å². The minimum atomic E-state index is -0.617. The Morgan fingerprint density at radius 3 is 2.47 bits per heavy atom. The van der Waals surface area contributed by atoms with Crippen molar-refractivity contribution in [3.8, 4) is 16.9 Å². The third-order valence-corrected chi connectivity index (χ3v) is 6.46. The molecule has 0 fully saturated rings. The highest BCUT2D eigenvalue weighted by Crippen LogP contribution is 2.27. The van der Waals surface area contributed by atoms with Gasteiger partial charge < -0.3 is 10.1 Å². The molecule has 2 amide bonds. The molecule has 2 heterocycles. The first kappa shape index (κ1) is 29.4. The first-order valence-corrected chi connectivity index (χ1v) is 13.9. The Bertz CT molecular complexity index is 1680. The van der Waals surface area contributed by atoms with E-state index in [1.54, 1.807) is 74.1 Å². The van der Waals surface area contributed by atoms with Crippen molar-refractivity contribution in [2.45, 2.75) is 45.4 Å². The molecule has 13 heteroatoms. The number of carbonyl (C=O) groups excluding carboxylic acids is 2. The highest BCUT2D eigenvalue weighted by molar-refractivity contribution is 6.31. The molecule has 0 aliphatic heterocycles. The average Bonchev–Trinajstić information content (AvgIpc) is 3.66. The summed E-state index contributed by atoms with van der Waals surface area (Å²) < 4.78 is 8.49. The second-order valence-corrected chi connectivity index (χ2v) is 11.2. The SMILES string of the molecule is CC(C)(C)OC(=O)Nc1ccc(C(=O)NC(Cc2ccccc2)Cn2cc(-c3cc(Cl)ccc3-n3cnnn3)nn2)cc1. The van der Waals surface area contributed by atoms with Gasteiger partial charge in [-0.3, -0.25) is 10.1 Å². The minimum absolute atomic E-state index is 0.263. The fraction of sp³-hybridized carbons (Fsp3) is 0.233. The summed E-state index contributed by atoms with van der Waals surface area (Å²) in [6, 6.07) is 21.5. The van der Waals surface area contributed by atoms with Crippen LogP contribution in [0.25, 0.3) is 16.9 Å². The third-order valence-electron chi connectivity index (χ3n) is 6.23. The quantitative estimate of drug-likeness (QED) is 0.242. The van der Waals surface area contributed by atoms with Gasteiger partial charge in [-0.1, -0.05) is 47.1 Å². The molecule has 220 valence electrons. The van der Waals surface area contributed by atoms with Crippen molar-refractivity contribution >= 4 is 29.3 Å². The topological polar surface area (TPSA) is 142 Å². The second-order valence-electron chi connectivity index (χ2n) is 10.8. The lowest BCUT2D eigenvalue weighted by atomic mass is 10.0. The van der Waals surface area contributed by atoms with E-state index in [2.05, 4.69) is 36.5 Å². The van der Waals surface area contributed by atoms with Crippen LogP contribution in [0.1, 0.15) is 36.7 Å². The van der Waals surface area contributed by atoms with Crippen LogP contribution in [0.3, 0.4) is 0 Å². The molecule has 0 bridgehead atoms. The zero-order valence-electron chi connectivity index (χ0n) is 23.8. The van der Waals surface area contributed by atoms with Crippen LogP contribution in [-0.2, 0) is 17.7 Å². The van der Waals surface area contributed by atoms with Crippen molar-refractivity contribution in [3.63, 3.8) is 0 Å². The largest absolute Gasteiger partial charge is 0.444 e. The van der Waals surface area contributed by atoms with E-state index in [0.717, 1.165) is 5.56 Å². The fourth-order valence-electron chi connectivity index (χ4n) is 4.38. The Morgan fingerprint density at radius 2 is 1.77 bits per heavy atom. The second kappa shape index (κ2) is 12.8. The summed E-state index contributed by atoms with van der Waals surface area (Å²) in [4.78, 5) is 25.4. The number of carbonyl (C=O) groups is 2. The van der Waals surface area contributed by atoms with E-state index in [9.17, 15) is 9.59 Å². The smallest absolute Gasteiger partial charge is 0.412 e. The van der Waals surface area contributed by atoms with Crippen molar-refractivity contribution in [3.05, 3.63) is 101 Å². The molecule has 2 aromatic heterocycles. The van der Waals surface area contributed by atoms with Crippen LogP contribution in [0.15, 0.2) is 85.3 Å². The van der Waals surface area contributed by atoms with Gasteiger partial charge >= 0.3 is 6.09 Å². The van der Waals surface area contributed by atoms with Crippen molar-refractivity contribution in [2.24, 2.45) is 0 Å². The number of nitrogens with one attached hydrogen (secondary N) is 2. The van der Waals surface area contributed by atoms with Gasteiger partial charge in [0, 0.05) is 21.8 Å². The summed E-state index contributed by atoms with van der Waals surface area (Å²) >= 11 is 6.29. The maximum atomic E-state index is 13.3. The molecule has 0 aliphatic carbocycles. The van der Waals surface area contributed by atoms with E-state index >= 15 is 0 Å². The number of nitrogens with zero attached hydrogens (tertiary/aromatic N) is 7. The zero-order valence-corrected chi connectivity index (χ0v) is 24.6. The summed E-state index contributed by atoms with van der Waals surface area (Å²) in [7, 11) is 0. The van der Waals surface area contributed by atoms with Gasteiger partial charge in [-0.15, -0.1) is 10.2 Å². The lowest BCUT2D eigenvalue weighted by Gasteiger charge is -2.20. The molecule has 0 radical (unpaired) electrons. The highest BCUT2D eigenvalue weighted by Gasteiger charge is 2.19. The van der Waals surface area contributed by atoms with Crippen LogP contribution < -0.4 is 10.6 Å². The van der Waals surface area contributed by atoms with Gasteiger partial charge in [-0.05, 0) is 85.6 Å². The Labute approximate surface area is 253 Å². The average molecular weight is 600 g/mol. The number of aromatic nitrogens is 7. The van der Waals surface area contributed by atoms with Crippen molar-refractivity contribution in [1.29, 1.82) is 0 Å². The maximum absolute atomic E-state index is 13.3. The molecular weight excluding hydrogens is 570 g/mol. The molecule has 0 spiro atoms. The Kier molecular flexibility index (Phi) is 8.77. The van der Waals surface area contributed by atoms with Crippen molar-refractivity contribution in [1.82, 2.24) is 40.5 Å². The monoisotopic (exact) mass is 599 g/mol. The lowest BCUT2D eigenvalue weighted by molar-refractivity contribution is 0.0635.